The van der Waals surface area contributed by atoms with Crippen molar-refractivity contribution in [1.82, 2.24) is 0 Å². The molecule has 17 heavy (non-hydrogen) atoms. The van der Waals surface area contributed by atoms with Gasteiger partial charge < -0.3 is 10.5 Å². The Labute approximate surface area is 101 Å². The van der Waals surface area contributed by atoms with Crippen LogP contribution in [-0.4, -0.2) is 25.8 Å². The summed E-state index contributed by atoms with van der Waals surface area (Å²) in [6.07, 6.45) is -1.42. The number of rotatable bonds is 4. The van der Waals surface area contributed by atoms with E-state index in [4.69, 9.17) is 10.5 Å². The molecule has 1 rings (SSSR count). The maximum atomic E-state index is 13.9. The average molecular weight is 239 g/mol. The van der Waals surface area contributed by atoms with Gasteiger partial charge in [0.2, 0.25) is 0 Å². The first-order chi connectivity index (χ1) is 8.00. The van der Waals surface area contributed by atoms with E-state index in [2.05, 4.69) is 0 Å². The zero-order valence-electron chi connectivity index (χ0n) is 10.4. The molecule has 0 aliphatic rings. The molecule has 94 valence electrons. The number of methoxy groups -OCH3 is 1. The Balaban J connectivity index is 3.43. The van der Waals surface area contributed by atoms with Crippen LogP contribution in [0.2, 0.25) is 0 Å². The highest BCUT2D eigenvalue weighted by molar-refractivity contribution is 5.85. The molecule has 0 heterocycles. The average Bonchev–Trinajstić information content (AvgIpc) is 2.32. The van der Waals surface area contributed by atoms with Crippen LogP contribution in [0.1, 0.15) is 18.1 Å². The molecule has 0 aliphatic carbocycles. The van der Waals surface area contributed by atoms with E-state index in [1.54, 1.807) is 12.1 Å². The monoisotopic (exact) mass is 239 g/mol. The number of ether oxygens (including phenoxy) is 1. The minimum atomic E-state index is -1.42. The van der Waals surface area contributed by atoms with Crippen molar-refractivity contribution in [2.24, 2.45) is 5.73 Å². The fourth-order valence-electron chi connectivity index (χ4n) is 2.10. The summed E-state index contributed by atoms with van der Waals surface area (Å²) in [5, 5.41) is 0. The van der Waals surface area contributed by atoms with Crippen LogP contribution < -0.4 is 5.73 Å². The Morgan fingerprint density at radius 2 is 2.12 bits per heavy atom. The highest BCUT2D eigenvalue weighted by Crippen LogP contribution is 2.32. The molecule has 0 saturated heterocycles. The molecule has 0 amide bonds. The number of carbonyl (C=O) groups is 1. The lowest BCUT2D eigenvalue weighted by atomic mass is 9.75. The second-order valence-electron chi connectivity index (χ2n) is 4.10. The van der Waals surface area contributed by atoms with Crippen molar-refractivity contribution in [3.8, 4) is 0 Å². The van der Waals surface area contributed by atoms with Crippen LogP contribution in [0.25, 0.3) is 0 Å². The van der Waals surface area contributed by atoms with Crippen LogP contribution in [-0.2, 0) is 14.9 Å². The zero-order chi connectivity index (χ0) is 13.1. The van der Waals surface area contributed by atoms with E-state index in [0.29, 0.717) is 5.56 Å². The van der Waals surface area contributed by atoms with Crippen molar-refractivity contribution in [1.29, 1.82) is 0 Å². The van der Waals surface area contributed by atoms with Gasteiger partial charge in [0.05, 0.1) is 7.11 Å². The summed E-state index contributed by atoms with van der Waals surface area (Å²) in [6, 6.07) is 7.14. The second kappa shape index (κ2) is 5.27. The van der Waals surface area contributed by atoms with Gasteiger partial charge in [-0.15, -0.1) is 0 Å². The normalized spacial score (nSPS) is 16.1. The Morgan fingerprint density at radius 3 is 2.53 bits per heavy atom. The highest BCUT2D eigenvalue weighted by Gasteiger charge is 2.46. The highest BCUT2D eigenvalue weighted by atomic mass is 19.1. The van der Waals surface area contributed by atoms with Gasteiger partial charge in [-0.3, -0.25) is 4.79 Å². The predicted molar refractivity (Wildman–Crippen MR) is 64.5 cm³/mol. The lowest BCUT2D eigenvalue weighted by Crippen LogP contribution is -2.50. The van der Waals surface area contributed by atoms with Gasteiger partial charge in [0.25, 0.3) is 0 Å². The minimum absolute atomic E-state index is 0.123. The first kappa shape index (κ1) is 13.6. The van der Waals surface area contributed by atoms with Crippen molar-refractivity contribution < 1.29 is 13.9 Å². The number of alkyl halides is 1. The van der Waals surface area contributed by atoms with E-state index in [1.807, 2.05) is 19.1 Å². The third-order valence-electron chi connectivity index (χ3n) is 3.18. The molecule has 2 N–H and O–H groups in total. The standard InChI is InChI=1S/C13H18FNO2/c1-9-6-4-5-7-11(9)13(8-15,10(2)14)12(16)17-3/h4-7,10H,8,15H2,1-3H3. The summed E-state index contributed by atoms with van der Waals surface area (Å²) < 4.78 is 18.7. The van der Waals surface area contributed by atoms with Crippen molar-refractivity contribution >= 4 is 5.97 Å². The Kier molecular flexibility index (Phi) is 4.23. The molecule has 0 radical (unpaired) electrons. The van der Waals surface area contributed by atoms with E-state index < -0.39 is 17.6 Å². The van der Waals surface area contributed by atoms with Gasteiger partial charge in [0.15, 0.2) is 0 Å². The van der Waals surface area contributed by atoms with Crippen LogP contribution in [0.5, 0.6) is 0 Å². The largest absolute Gasteiger partial charge is 0.468 e. The van der Waals surface area contributed by atoms with Gasteiger partial charge >= 0.3 is 5.97 Å². The molecule has 2 unspecified atom stereocenters. The number of carbonyl (C=O) groups excluding carboxylic acids is 1. The van der Waals surface area contributed by atoms with Gasteiger partial charge in [0, 0.05) is 6.54 Å². The molecular formula is C13H18FNO2. The van der Waals surface area contributed by atoms with Crippen molar-refractivity contribution in [3.05, 3.63) is 35.4 Å². The summed E-state index contributed by atoms with van der Waals surface area (Å²) in [5.74, 6) is -0.635. The quantitative estimate of drug-likeness (QED) is 0.814. The molecule has 0 saturated carbocycles. The number of nitrogens with two attached hydrogens (primary N) is 1. The third kappa shape index (κ3) is 2.17. The van der Waals surface area contributed by atoms with Crippen LogP contribution in [0.3, 0.4) is 0 Å². The number of hydrogen-bond acceptors (Lipinski definition) is 3. The van der Waals surface area contributed by atoms with E-state index >= 15 is 0 Å². The van der Waals surface area contributed by atoms with Gasteiger partial charge in [-0.25, -0.2) is 4.39 Å². The van der Waals surface area contributed by atoms with Gasteiger partial charge in [-0.1, -0.05) is 24.3 Å². The maximum absolute atomic E-state index is 13.9. The van der Waals surface area contributed by atoms with E-state index in [1.165, 1.54) is 14.0 Å². The maximum Gasteiger partial charge on any atom is 0.320 e. The van der Waals surface area contributed by atoms with E-state index in [-0.39, 0.29) is 6.54 Å². The smallest absolute Gasteiger partial charge is 0.320 e. The summed E-state index contributed by atoms with van der Waals surface area (Å²) in [5.41, 5.74) is 5.64. The lowest BCUT2D eigenvalue weighted by molar-refractivity contribution is -0.149. The fourth-order valence-corrected chi connectivity index (χ4v) is 2.10. The van der Waals surface area contributed by atoms with Crippen LogP contribution >= 0.6 is 0 Å². The molecule has 3 nitrogen and oxygen atoms in total. The van der Waals surface area contributed by atoms with Gasteiger partial charge in [-0.05, 0) is 25.0 Å². The molecule has 1 aromatic carbocycles. The van der Waals surface area contributed by atoms with Crippen molar-refractivity contribution in [3.63, 3.8) is 0 Å². The van der Waals surface area contributed by atoms with Crippen LogP contribution in [0.15, 0.2) is 24.3 Å². The molecule has 1 aromatic rings. The van der Waals surface area contributed by atoms with Crippen molar-refractivity contribution in [2.45, 2.75) is 25.4 Å². The number of aryl methyl sites for hydroxylation is 1. The molecule has 2 atom stereocenters. The summed E-state index contributed by atoms with van der Waals surface area (Å²) in [4.78, 5) is 11.9. The molecule has 0 aliphatic heterocycles. The first-order valence-corrected chi connectivity index (χ1v) is 5.49. The molecular weight excluding hydrogens is 221 g/mol. The Morgan fingerprint density at radius 1 is 1.53 bits per heavy atom. The van der Waals surface area contributed by atoms with E-state index in [0.717, 1.165) is 5.56 Å². The molecule has 0 bridgehead atoms. The fraction of sp³-hybridized carbons (Fsp3) is 0.462. The molecule has 4 heteroatoms. The number of hydrogen-bond donors (Lipinski definition) is 1. The molecule has 0 fully saturated rings. The number of benzene rings is 1. The number of esters is 1. The summed E-state index contributed by atoms with van der Waals surface area (Å²) in [6.45, 7) is 3.03. The summed E-state index contributed by atoms with van der Waals surface area (Å²) >= 11 is 0. The lowest BCUT2D eigenvalue weighted by Gasteiger charge is -2.32. The van der Waals surface area contributed by atoms with E-state index in [9.17, 15) is 9.18 Å². The van der Waals surface area contributed by atoms with Gasteiger partial charge in [-0.2, -0.15) is 0 Å². The predicted octanol–water partition coefficient (Wildman–Crippen LogP) is 1.72. The molecule has 0 spiro atoms. The Hall–Kier alpha value is -1.42. The third-order valence-corrected chi connectivity index (χ3v) is 3.18. The van der Waals surface area contributed by atoms with Crippen molar-refractivity contribution in [2.75, 3.05) is 13.7 Å². The zero-order valence-corrected chi connectivity index (χ0v) is 10.4. The first-order valence-electron chi connectivity index (χ1n) is 5.49. The number of halogens is 1. The van der Waals surface area contributed by atoms with Gasteiger partial charge in [0.1, 0.15) is 11.6 Å². The molecule has 0 aromatic heterocycles. The SMILES string of the molecule is COC(=O)C(CN)(c1ccccc1C)C(C)F. The van der Waals surface area contributed by atoms with Crippen LogP contribution in [0.4, 0.5) is 4.39 Å². The summed E-state index contributed by atoms with van der Waals surface area (Å²) in [7, 11) is 1.24. The van der Waals surface area contributed by atoms with Crippen LogP contribution in [0, 0.1) is 6.92 Å². The minimum Gasteiger partial charge on any atom is -0.468 e. The topological polar surface area (TPSA) is 52.3 Å². The second-order valence-corrected chi connectivity index (χ2v) is 4.10. The Bertz CT molecular complexity index is 406.